The topological polar surface area (TPSA) is 111 Å². The van der Waals surface area contributed by atoms with E-state index in [1.165, 1.54) is 48.7 Å². The Labute approximate surface area is 148 Å². The van der Waals surface area contributed by atoms with E-state index in [9.17, 15) is 23.9 Å². The molecule has 8 heteroatoms. The molecule has 0 spiro atoms. The molecule has 1 heterocycles. The van der Waals surface area contributed by atoms with E-state index in [0.717, 1.165) is 0 Å². The van der Waals surface area contributed by atoms with Crippen LogP contribution >= 0.6 is 0 Å². The highest BCUT2D eigenvalue weighted by molar-refractivity contribution is 6.04. The quantitative estimate of drug-likeness (QED) is 0.536. The van der Waals surface area contributed by atoms with Gasteiger partial charge in [0.15, 0.2) is 5.76 Å². The van der Waals surface area contributed by atoms with Gasteiger partial charge in [0.1, 0.15) is 11.5 Å². The van der Waals surface area contributed by atoms with Gasteiger partial charge in [0.05, 0.1) is 6.26 Å². The smallest absolute Gasteiger partial charge is 0.291 e. The Morgan fingerprint density at radius 3 is 2.50 bits per heavy atom. The number of amides is 2. The lowest BCUT2D eigenvalue weighted by Gasteiger charge is -2.10. The third kappa shape index (κ3) is 5.90. The third-order valence-corrected chi connectivity index (χ3v) is 3.26. The maximum Gasteiger partial charge on any atom is 0.291 e. The Bertz CT molecular complexity index is 797. The summed E-state index contributed by atoms with van der Waals surface area (Å²) in [6.45, 7) is 0.0875. The third-order valence-electron chi connectivity index (χ3n) is 3.26. The molecule has 0 aliphatic heterocycles. The highest BCUT2D eigenvalue weighted by atomic mass is 19.1. The molecule has 0 saturated heterocycles. The number of hydrogen-bond donors (Lipinski definition) is 2. The minimum absolute atomic E-state index is 0.0137. The van der Waals surface area contributed by atoms with Crippen molar-refractivity contribution >= 4 is 23.9 Å². The van der Waals surface area contributed by atoms with E-state index in [1.807, 2.05) is 0 Å². The number of rotatable bonds is 8. The summed E-state index contributed by atoms with van der Waals surface area (Å²) in [5.41, 5.74) is 0.400. The molecule has 2 aromatic rings. The van der Waals surface area contributed by atoms with Gasteiger partial charge in [-0.15, -0.1) is 0 Å². The molecule has 0 unspecified atom stereocenters. The molecule has 0 atom stereocenters. The largest absolute Gasteiger partial charge is 0.550 e. The highest BCUT2D eigenvalue weighted by Gasteiger charge is 2.16. The molecular weight excluding hydrogens is 343 g/mol. The molecule has 0 radical (unpaired) electrons. The molecule has 0 saturated carbocycles. The Kier molecular flexibility index (Phi) is 6.67. The molecule has 0 aliphatic rings. The Morgan fingerprint density at radius 2 is 1.88 bits per heavy atom. The number of carbonyl (C=O) groups is 3. The summed E-state index contributed by atoms with van der Waals surface area (Å²) in [4.78, 5) is 34.8. The normalized spacial score (nSPS) is 11.0. The van der Waals surface area contributed by atoms with Crippen molar-refractivity contribution in [1.29, 1.82) is 0 Å². The molecular formula is C18H16FN2O5-. The Hall–Kier alpha value is -3.42. The number of halogens is 1. The van der Waals surface area contributed by atoms with Gasteiger partial charge in [0, 0.05) is 12.5 Å². The number of carbonyl (C=O) groups excluding carboxylic acids is 3. The number of carboxylic acids is 1. The van der Waals surface area contributed by atoms with Crippen LogP contribution in [0.25, 0.3) is 6.08 Å². The van der Waals surface area contributed by atoms with Crippen LogP contribution in [0, 0.1) is 5.82 Å². The number of hydrogen-bond acceptors (Lipinski definition) is 5. The van der Waals surface area contributed by atoms with E-state index in [2.05, 4.69) is 10.6 Å². The van der Waals surface area contributed by atoms with Crippen LogP contribution in [-0.4, -0.2) is 24.3 Å². The van der Waals surface area contributed by atoms with Crippen molar-refractivity contribution in [3.8, 4) is 0 Å². The molecule has 2 N–H and O–H groups in total. The molecule has 0 bridgehead atoms. The van der Waals surface area contributed by atoms with Crippen LogP contribution in [0.15, 0.2) is 52.8 Å². The molecule has 2 amide bonds. The standard InChI is InChI=1S/C18H17FN2O5/c19-13-7-5-12(6-8-13)11-14(17(24)20-9-1-4-16(22)23)21-18(25)15-3-2-10-26-15/h2-3,5-8,10-11H,1,4,9H2,(H,20,24)(H,21,25)(H,22,23)/p-1/b14-11+. The summed E-state index contributed by atoms with van der Waals surface area (Å²) in [6.07, 6.45) is 2.67. The van der Waals surface area contributed by atoms with E-state index >= 15 is 0 Å². The van der Waals surface area contributed by atoms with Crippen molar-refractivity contribution in [2.24, 2.45) is 0 Å². The summed E-state index contributed by atoms with van der Waals surface area (Å²) in [5, 5.41) is 15.3. The zero-order chi connectivity index (χ0) is 18.9. The fourth-order valence-electron chi connectivity index (χ4n) is 2.01. The second-order valence-electron chi connectivity index (χ2n) is 5.27. The maximum absolute atomic E-state index is 13.0. The Morgan fingerprint density at radius 1 is 1.15 bits per heavy atom. The van der Waals surface area contributed by atoms with Crippen molar-refractivity contribution in [3.05, 3.63) is 65.5 Å². The lowest BCUT2D eigenvalue weighted by molar-refractivity contribution is -0.305. The fraction of sp³-hybridized carbons (Fsp3) is 0.167. The number of furan rings is 1. The number of nitrogens with one attached hydrogen (secondary N) is 2. The van der Waals surface area contributed by atoms with Crippen LogP contribution in [0.1, 0.15) is 29.0 Å². The van der Waals surface area contributed by atoms with Crippen molar-refractivity contribution < 1.29 is 28.3 Å². The van der Waals surface area contributed by atoms with Crippen LogP contribution in [0.4, 0.5) is 4.39 Å². The van der Waals surface area contributed by atoms with Gasteiger partial charge in [-0.1, -0.05) is 12.1 Å². The first-order chi connectivity index (χ1) is 12.5. The molecule has 1 aromatic heterocycles. The van der Waals surface area contributed by atoms with Gasteiger partial charge in [-0.25, -0.2) is 4.39 Å². The average Bonchev–Trinajstić information content (AvgIpc) is 3.14. The summed E-state index contributed by atoms with van der Waals surface area (Å²) < 4.78 is 18.0. The second kappa shape index (κ2) is 9.16. The van der Waals surface area contributed by atoms with Crippen molar-refractivity contribution in [1.82, 2.24) is 10.6 Å². The van der Waals surface area contributed by atoms with E-state index in [1.54, 1.807) is 0 Å². The van der Waals surface area contributed by atoms with Gasteiger partial charge in [-0.05, 0) is 48.7 Å². The van der Waals surface area contributed by atoms with Crippen LogP contribution in [0.2, 0.25) is 0 Å². The minimum atomic E-state index is -1.22. The number of aliphatic carboxylic acids is 1. The van der Waals surface area contributed by atoms with Crippen molar-refractivity contribution in [2.75, 3.05) is 6.54 Å². The molecule has 136 valence electrons. The molecule has 0 fully saturated rings. The summed E-state index contributed by atoms with van der Waals surface area (Å²) in [5.74, 6) is -2.89. The van der Waals surface area contributed by atoms with Crippen LogP contribution in [0.5, 0.6) is 0 Å². The highest BCUT2D eigenvalue weighted by Crippen LogP contribution is 2.09. The number of benzene rings is 1. The van der Waals surface area contributed by atoms with Gasteiger partial charge in [0.2, 0.25) is 0 Å². The zero-order valence-corrected chi connectivity index (χ0v) is 13.7. The van der Waals surface area contributed by atoms with Gasteiger partial charge < -0.3 is 25.0 Å². The van der Waals surface area contributed by atoms with Gasteiger partial charge in [-0.2, -0.15) is 0 Å². The van der Waals surface area contributed by atoms with Crippen molar-refractivity contribution in [2.45, 2.75) is 12.8 Å². The molecule has 7 nitrogen and oxygen atoms in total. The predicted octanol–water partition coefficient (Wildman–Crippen LogP) is 0.836. The van der Waals surface area contributed by atoms with E-state index in [4.69, 9.17) is 4.42 Å². The molecule has 0 aliphatic carbocycles. The fourth-order valence-corrected chi connectivity index (χ4v) is 2.01. The first-order valence-corrected chi connectivity index (χ1v) is 7.76. The Balaban J connectivity index is 2.12. The number of carboxylic acid groups (broad SMARTS) is 1. The lowest BCUT2D eigenvalue weighted by Crippen LogP contribution is -2.35. The van der Waals surface area contributed by atoms with Crippen LogP contribution in [-0.2, 0) is 9.59 Å². The predicted molar refractivity (Wildman–Crippen MR) is 87.8 cm³/mol. The summed E-state index contributed by atoms with van der Waals surface area (Å²) >= 11 is 0. The lowest BCUT2D eigenvalue weighted by atomic mass is 10.1. The molecule has 26 heavy (non-hydrogen) atoms. The second-order valence-corrected chi connectivity index (χ2v) is 5.27. The van der Waals surface area contributed by atoms with E-state index in [-0.39, 0.29) is 30.8 Å². The van der Waals surface area contributed by atoms with E-state index in [0.29, 0.717) is 5.56 Å². The molecule has 1 aromatic carbocycles. The average molecular weight is 359 g/mol. The van der Waals surface area contributed by atoms with Gasteiger partial charge >= 0.3 is 0 Å². The SMILES string of the molecule is O=C([O-])CCCNC(=O)/C(=C\c1ccc(F)cc1)NC(=O)c1ccco1. The first-order valence-electron chi connectivity index (χ1n) is 7.76. The minimum Gasteiger partial charge on any atom is -0.550 e. The summed E-state index contributed by atoms with van der Waals surface area (Å²) in [7, 11) is 0. The van der Waals surface area contributed by atoms with Gasteiger partial charge in [0.25, 0.3) is 11.8 Å². The van der Waals surface area contributed by atoms with Crippen LogP contribution in [0.3, 0.4) is 0 Å². The maximum atomic E-state index is 13.0. The van der Waals surface area contributed by atoms with Gasteiger partial charge in [-0.3, -0.25) is 9.59 Å². The van der Waals surface area contributed by atoms with Crippen molar-refractivity contribution in [3.63, 3.8) is 0 Å². The first kappa shape index (κ1) is 18.9. The summed E-state index contributed by atoms with van der Waals surface area (Å²) in [6, 6.07) is 8.28. The zero-order valence-electron chi connectivity index (χ0n) is 13.7. The van der Waals surface area contributed by atoms with Crippen LogP contribution < -0.4 is 15.7 Å². The molecule has 2 rings (SSSR count). The van der Waals surface area contributed by atoms with E-state index < -0.39 is 23.6 Å². The monoisotopic (exact) mass is 359 g/mol.